The number of hydrogen-bond acceptors (Lipinski definition) is 6. The number of unbranched alkanes of at least 4 members (excludes halogenated alkanes) is 7. The average Bonchev–Trinajstić information content (AvgIpc) is 3.67. The lowest BCUT2D eigenvalue weighted by Crippen LogP contribution is -2.44. The van der Waals surface area contributed by atoms with E-state index in [9.17, 15) is 14.7 Å². The summed E-state index contributed by atoms with van der Waals surface area (Å²) >= 11 is 0. The van der Waals surface area contributed by atoms with Crippen molar-refractivity contribution in [3.05, 3.63) is 36.4 Å². The van der Waals surface area contributed by atoms with Crippen LogP contribution >= 0.6 is 0 Å². The molecular formula is C31H44N6O5. The molecule has 1 saturated heterocycles. The van der Waals surface area contributed by atoms with E-state index in [1.807, 2.05) is 12.1 Å². The molecule has 2 N–H and O–H groups in total. The maximum Gasteiger partial charge on any atom is 0.437 e. The van der Waals surface area contributed by atoms with Gasteiger partial charge < -0.3 is 23.8 Å². The minimum atomic E-state index is -1.33. The zero-order chi connectivity index (χ0) is 30.1. The van der Waals surface area contributed by atoms with Crippen molar-refractivity contribution in [2.24, 2.45) is 4.99 Å². The van der Waals surface area contributed by atoms with Crippen LogP contribution in [-0.4, -0.2) is 55.0 Å². The quantitative estimate of drug-likeness (QED) is 0.135. The van der Waals surface area contributed by atoms with Crippen molar-refractivity contribution in [3.63, 3.8) is 0 Å². The molecule has 1 aliphatic heterocycles. The third-order valence-electron chi connectivity index (χ3n) is 7.34. The normalized spacial score (nSPS) is 15.9. The molecule has 1 atom stereocenters. The number of amides is 2. The smallest absolute Gasteiger partial charge is 0.437 e. The van der Waals surface area contributed by atoms with E-state index < -0.39 is 23.8 Å². The SMILES string of the molecule is CCCCCCCCCCn1cc(-c2noc(C3CCCN3C(=NC(=O)OC(C)(C)C)NC(=O)O)n2)c2ccccc21. The van der Waals surface area contributed by atoms with E-state index >= 15 is 0 Å². The molecule has 2 aromatic heterocycles. The van der Waals surface area contributed by atoms with Crippen molar-refractivity contribution in [1.29, 1.82) is 0 Å². The van der Waals surface area contributed by atoms with Crippen LogP contribution in [0.4, 0.5) is 9.59 Å². The molecule has 1 fully saturated rings. The van der Waals surface area contributed by atoms with Gasteiger partial charge in [-0.1, -0.05) is 75.2 Å². The molecule has 0 aliphatic carbocycles. The van der Waals surface area contributed by atoms with Crippen LogP contribution in [0.15, 0.2) is 40.0 Å². The summed E-state index contributed by atoms with van der Waals surface area (Å²) < 4.78 is 13.3. The van der Waals surface area contributed by atoms with Crippen LogP contribution in [0.3, 0.4) is 0 Å². The number of aliphatic imine (C=N–C) groups is 1. The van der Waals surface area contributed by atoms with Crippen LogP contribution in [0.5, 0.6) is 0 Å². The fourth-order valence-corrected chi connectivity index (χ4v) is 5.41. The molecule has 0 spiro atoms. The van der Waals surface area contributed by atoms with Gasteiger partial charge in [0.1, 0.15) is 11.6 Å². The predicted molar refractivity (Wildman–Crippen MR) is 161 cm³/mol. The van der Waals surface area contributed by atoms with Crippen molar-refractivity contribution in [2.45, 2.75) is 110 Å². The Morgan fingerprint density at radius 3 is 2.55 bits per heavy atom. The molecule has 0 saturated carbocycles. The summed E-state index contributed by atoms with van der Waals surface area (Å²) in [6.07, 6.45) is 11.4. The highest BCUT2D eigenvalue weighted by molar-refractivity contribution is 5.98. The number of fused-ring (bicyclic) bond motifs is 1. The Balaban J connectivity index is 1.50. The van der Waals surface area contributed by atoms with E-state index in [-0.39, 0.29) is 5.96 Å². The molecule has 1 aliphatic rings. The van der Waals surface area contributed by atoms with Gasteiger partial charge in [-0.25, -0.2) is 9.59 Å². The van der Waals surface area contributed by atoms with Crippen molar-refractivity contribution in [2.75, 3.05) is 6.54 Å². The first-order valence-electron chi connectivity index (χ1n) is 15.2. The van der Waals surface area contributed by atoms with Crippen molar-refractivity contribution in [1.82, 2.24) is 24.9 Å². The lowest BCUT2D eigenvalue weighted by atomic mass is 10.1. The number of nitrogens with zero attached hydrogens (tertiary/aromatic N) is 5. The second kappa shape index (κ2) is 14.3. The zero-order valence-corrected chi connectivity index (χ0v) is 25.3. The molecule has 228 valence electrons. The van der Waals surface area contributed by atoms with Crippen molar-refractivity contribution < 1.29 is 24.0 Å². The van der Waals surface area contributed by atoms with Gasteiger partial charge in [-0.15, -0.1) is 4.99 Å². The van der Waals surface area contributed by atoms with Crippen LogP contribution in [0, 0.1) is 0 Å². The number of carbonyl (C=O) groups is 2. The Kier molecular flexibility index (Phi) is 10.6. The van der Waals surface area contributed by atoms with Crippen molar-refractivity contribution >= 4 is 29.0 Å². The Morgan fingerprint density at radius 2 is 1.83 bits per heavy atom. The summed E-state index contributed by atoms with van der Waals surface area (Å²) in [4.78, 5) is 34.3. The van der Waals surface area contributed by atoms with E-state index in [2.05, 4.69) is 45.3 Å². The van der Waals surface area contributed by atoms with Crippen LogP contribution in [0.1, 0.15) is 104 Å². The molecule has 0 radical (unpaired) electrons. The Labute approximate surface area is 247 Å². The number of carbonyl (C=O) groups excluding carboxylic acids is 1. The minimum absolute atomic E-state index is 0.124. The molecule has 42 heavy (non-hydrogen) atoms. The largest absolute Gasteiger partial charge is 0.465 e. The molecule has 0 bridgehead atoms. The number of ether oxygens (including phenoxy) is 1. The van der Waals surface area contributed by atoms with E-state index in [0.717, 1.165) is 35.9 Å². The summed E-state index contributed by atoms with van der Waals surface area (Å²) in [5, 5.41) is 17.0. The van der Waals surface area contributed by atoms with Crippen LogP contribution in [-0.2, 0) is 11.3 Å². The summed E-state index contributed by atoms with van der Waals surface area (Å²) in [5.74, 6) is 0.687. The Bertz CT molecular complexity index is 1370. The standard InChI is InChI=1S/C31H44N6O5/c1-5-6-7-8-9-10-11-14-19-36-21-23(22-16-12-13-17-24(22)36)26-32-27(42-35-26)25-18-15-20-37(25)28(33-29(38)39)34-30(40)41-31(2,3)4/h12-13,16-17,21,25H,5-11,14-15,18-20H2,1-4H3,(H,38,39)(H,33,34,40). The van der Waals surface area contributed by atoms with Crippen LogP contribution in [0.2, 0.25) is 0 Å². The fourth-order valence-electron chi connectivity index (χ4n) is 5.41. The number of para-hydroxylation sites is 1. The maximum atomic E-state index is 12.4. The number of carboxylic acid groups (broad SMARTS) is 1. The molecule has 11 heteroatoms. The topological polar surface area (TPSA) is 135 Å². The predicted octanol–water partition coefficient (Wildman–Crippen LogP) is 7.53. The van der Waals surface area contributed by atoms with Gasteiger partial charge in [0, 0.05) is 35.8 Å². The minimum Gasteiger partial charge on any atom is -0.465 e. The lowest BCUT2D eigenvalue weighted by Gasteiger charge is -2.25. The summed E-state index contributed by atoms with van der Waals surface area (Å²) in [6, 6.07) is 7.78. The zero-order valence-electron chi connectivity index (χ0n) is 25.3. The molecule has 1 unspecified atom stereocenters. The Hall–Kier alpha value is -3.89. The summed E-state index contributed by atoms with van der Waals surface area (Å²) in [6.45, 7) is 8.78. The van der Waals surface area contributed by atoms with E-state index in [4.69, 9.17) is 14.2 Å². The number of likely N-dealkylation sites (tertiary alicyclic amines) is 1. The summed E-state index contributed by atoms with van der Waals surface area (Å²) in [5.41, 5.74) is 1.24. The van der Waals surface area contributed by atoms with Gasteiger partial charge in [0.25, 0.3) is 0 Å². The highest BCUT2D eigenvalue weighted by Crippen LogP contribution is 2.34. The number of rotatable bonds is 11. The maximum absolute atomic E-state index is 12.4. The van der Waals surface area contributed by atoms with Gasteiger partial charge in [0.15, 0.2) is 0 Å². The third-order valence-corrected chi connectivity index (χ3v) is 7.34. The van der Waals surface area contributed by atoms with E-state index in [0.29, 0.717) is 24.7 Å². The highest BCUT2D eigenvalue weighted by atomic mass is 16.6. The first kappa shape index (κ1) is 31.1. The molecular weight excluding hydrogens is 536 g/mol. The molecule has 3 heterocycles. The first-order chi connectivity index (χ1) is 20.2. The molecule has 4 rings (SSSR count). The number of hydrogen-bond donors (Lipinski definition) is 2. The van der Waals surface area contributed by atoms with Gasteiger partial charge in [-0.3, -0.25) is 5.32 Å². The molecule has 3 aromatic rings. The monoisotopic (exact) mass is 580 g/mol. The highest BCUT2D eigenvalue weighted by Gasteiger charge is 2.35. The van der Waals surface area contributed by atoms with Crippen LogP contribution in [0.25, 0.3) is 22.3 Å². The number of guanidine groups is 1. The van der Waals surface area contributed by atoms with Gasteiger partial charge in [0.05, 0.1) is 0 Å². The summed E-state index contributed by atoms with van der Waals surface area (Å²) in [7, 11) is 0. The molecule has 1 aromatic carbocycles. The van der Waals surface area contributed by atoms with Gasteiger partial charge in [-0.2, -0.15) is 4.98 Å². The van der Waals surface area contributed by atoms with E-state index in [1.165, 1.54) is 44.9 Å². The Morgan fingerprint density at radius 1 is 1.12 bits per heavy atom. The van der Waals surface area contributed by atoms with Crippen molar-refractivity contribution in [3.8, 4) is 11.4 Å². The second-order valence-electron chi connectivity index (χ2n) is 11.9. The number of aryl methyl sites for hydroxylation is 1. The van der Waals surface area contributed by atoms with E-state index in [1.54, 1.807) is 25.7 Å². The number of benzene rings is 1. The lowest BCUT2D eigenvalue weighted by molar-refractivity contribution is 0.0600. The van der Waals surface area contributed by atoms with Gasteiger partial charge in [-0.05, 0) is 46.1 Å². The molecule has 2 amide bonds. The fraction of sp³-hybridized carbons (Fsp3) is 0.581. The number of nitrogens with one attached hydrogen (secondary N) is 1. The number of aromatic nitrogens is 3. The van der Waals surface area contributed by atoms with Gasteiger partial charge in [0.2, 0.25) is 17.7 Å². The average molecular weight is 581 g/mol. The van der Waals surface area contributed by atoms with Gasteiger partial charge >= 0.3 is 12.2 Å². The van der Waals surface area contributed by atoms with Crippen LogP contribution < -0.4 is 5.32 Å². The first-order valence-corrected chi connectivity index (χ1v) is 15.2. The second-order valence-corrected chi connectivity index (χ2v) is 11.9. The third kappa shape index (κ3) is 8.33. The molecule has 11 nitrogen and oxygen atoms in total.